The molecule has 0 aliphatic carbocycles. The van der Waals surface area contributed by atoms with E-state index in [0.29, 0.717) is 5.69 Å². The first kappa shape index (κ1) is 15.4. The first-order chi connectivity index (χ1) is 9.42. The van der Waals surface area contributed by atoms with Crippen molar-refractivity contribution >= 4 is 50.7 Å². The number of nitrogens with one attached hydrogen (secondary N) is 1. The molecule has 20 heavy (non-hydrogen) atoms. The van der Waals surface area contributed by atoms with Crippen LogP contribution in [0.2, 0.25) is 10.3 Å². The number of rotatable bonds is 4. The maximum absolute atomic E-state index is 12.2. The Morgan fingerprint density at radius 3 is 2.30 bits per heavy atom. The van der Waals surface area contributed by atoms with Crippen LogP contribution in [0.5, 0.6) is 0 Å². The Morgan fingerprint density at radius 2 is 1.75 bits per heavy atom. The zero-order valence-corrected chi connectivity index (χ0v) is 13.4. The molecule has 1 heterocycles. The SMILES string of the molecule is CSc1ccc(NS(=O)(=O)c2ccc(Cl)nc2Cl)cc1. The van der Waals surface area contributed by atoms with Gasteiger partial charge in [0.05, 0.1) is 0 Å². The first-order valence-electron chi connectivity index (χ1n) is 5.41. The van der Waals surface area contributed by atoms with Crippen molar-refractivity contribution < 1.29 is 8.42 Å². The van der Waals surface area contributed by atoms with Gasteiger partial charge >= 0.3 is 0 Å². The molecule has 106 valence electrons. The Hall–Kier alpha value is -0.950. The summed E-state index contributed by atoms with van der Waals surface area (Å²) in [6, 6.07) is 9.70. The van der Waals surface area contributed by atoms with Crippen LogP contribution in [0.25, 0.3) is 0 Å². The van der Waals surface area contributed by atoms with Gasteiger partial charge in [-0.15, -0.1) is 11.8 Å². The highest BCUT2D eigenvalue weighted by Crippen LogP contribution is 2.24. The topological polar surface area (TPSA) is 59.1 Å². The van der Waals surface area contributed by atoms with Gasteiger partial charge in [-0.1, -0.05) is 23.2 Å². The van der Waals surface area contributed by atoms with Gasteiger partial charge in [0.15, 0.2) is 5.15 Å². The van der Waals surface area contributed by atoms with E-state index in [1.54, 1.807) is 23.9 Å². The van der Waals surface area contributed by atoms with Crippen LogP contribution in [0.1, 0.15) is 0 Å². The van der Waals surface area contributed by atoms with Crippen LogP contribution in [0, 0.1) is 0 Å². The molecule has 0 bridgehead atoms. The number of benzene rings is 1. The van der Waals surface area contributed by atoms with Gasteiger partial charge < -0.3 is 0 Å². The van der Waals surface area contributed by atoms with Crippen LogP contribution in [-0.4, -0.2) is 19.7 Å². The number of anilines is 1. The number of aromatic nitrogens is 1. The summed E-state index contributed by atoms with van der Waals surface area (Å²) >= 11 is 13.0. The predicted molar refractivity (Wildman–Crippen MR) is 83.3 cm³/mol. The highest BCUT2D eigenvalue weighted by atomic mass is 35.5. The average molecular weight is 349 g/mol. The molecule has 1 N–H and O–H groups in total. The van der Waals surface area contributed by atoms with E-state index in [2.05, 4.69) is 9.71 Å². The Balaban J connectivity index is 2.30. The minimum atomic E-state index is -3.79. The summed E-state index contributed by atoms with van der Waals surface area (Å²) in [6.07, 6.45) is 1.94. The van der Waals surface area contributed by atoms with Crippen molar-refractivity contribution in [3.63, 3.8) is 0 Å². The lowest BCUT2D eigenvalue weighted by molar-refractivity contribution is 0.601. The van der Waals surface area contributed by atoms with Crippen molar-refractivity contribution in [2.45, 2.75) is 9.79 Å². The van der Waals surface area contributed by atoms with Gasteiger partial charge in [-0.25, -0.2) is 13.4 Å². The van der Waals surface area contributed by atoms with E-state index in [1.165, 1.54) is 12.1 Å². The fourth-order valence-electron chi connectivity index (χ4n) is 1.47. The molecule has 8 heteroatoms. The summed E-state index contributed by atoms with van der Waals surface area (Å²) in [6.45, 7) is 0. The predicted octanol–water partition coefficient (Wildman–Crippen LogP) is 3.91. The maximum atomic E-state index is 12.2. The number of hydrogen-bond acceptors (Lipinski definition) is 4. The van der Waals surface area contributed by atoms with Gasteiger partial charge in [-0.3, -0.25) is 4.72 Å². The molecule has 0 aliphatic rings. The summed E-state index contributed by atoms with van der Waals surface area (Å²) in [7, 11) is -3.79. The van der Waals surface area contributed by atoms with Crippen molar-refractivity contribution in [1.29, 1.82) is 0 Å². The third kappa shape index (κ3) is 3.58. The van der Waals surface area contributed by atoms with E-state index in [1.807, 2.05) is 18.4 Å². The fourth-order valence-corrected chi connectivity index (χ4v) is 3.60. The van der Waals surface area contributed by atoms with Gasteiger partial charge in [-0.2, -0.15) is 0 Å². The minimum absolute atomic E-state index is 0.113. The minimum Gasteiger partial charge on any atom is -0.280 e. The molecule has 0 unspecified atom stereocenters. The lowest BCUT2D eigenvalue weighted by Crippen LogP contribution is -2.13. The third-order valence-corrected chi connectivity index (χ3v) is 5.18. The van der Waals surface area contributed by atoms with Crippen LogP contribution in [0.15, 0.2) is 46.2 Å². The first-order valence-corrected chi connectivity index (χ1v) is 8.88. The van der Waals surface area contributed by atoms with E-state index in [-0.39, 0.29) is 15.2 Å². The second kappa shape index (κ2) is 6.22. The standard InChI is InChI=1S/C12H10Cl2N2O2S2/c1-19-9-4-2-8(3-5-9)16-20(17,18)10-6-7-11(13)15-12(10)14/h2-7,16H,1H3. The van der Waals surface area contributed by atoms with Crippen LogP contribution in [0.4, 0.5) is 5.69 Å². The molecular formula is C12H10Cl2N2O2S2. The van der Waals surface area contributed by atoms with Crippen molar-refractivity contribution in [3.8, 4) is 0 Å². The molecule has 2 rings (SSSR count). The van der Waals surface area contributed by atoms with Gasteiger partial charge in [0.1, 0.15) is 10.0 Å². The Bertz CT molecular complexity index is 719. The Morgan fingerprint density at radius 1 is 1.10 bits per heavy atom. The molecule has 4 nitrogen and oxygen atoms in total. The summed E-state index contributed by atoms with van der Waals surface area (Å²) in [5.41, 5.74) is 0.453. The summed E-state index contributed by atoms with van der Waals surface area (Å²) in [5.74, 6) is 0. The van der Waals surface area contributed by atoms with Crippen LogP contribution >= 0.6 is 35.0 Å². The second-order valence-corrected chi connectivity index (χ2v) is 7.03. The molecule has 0 fully saturated rings. The Kier molecular flexibility index (Phi) is 4.80. The number of sulfonamides is 1. The van der Waals surface area contributed by atoms with Crippen molar-refractivity contribution in [1.82, 2.24) is 4.98 Å². The van der Waals surface area contributed by atoms with Crippen LogP contribution in [-0.2, 0) is 10.0 Å². The maximum Gasteiger partial charge on any atom is 0.264 e. The number of thioether (sulfide) groups is 1. The number of nitrogens with zero attached hydrogens (tertiary/aromatic N) is 1. The normalized spacial score (nSPS) is 11.3. The summed E-state index contributed by atoms with van der Waals surface area (Å²) in [4.78, 5) is 4.64. The quantitative estimate of drug-likeness (QED) is 0.672. The highest BCUT2D eigenvalue weighted by molar-refractivity contribution is 7.98. The molecule has 2 aromatic rings. The van der Waals surface area contributed by atoms with E-state index < -0.39 is 10.0 Å². The van der Waals surface area contributed by atoms with E-state index in [9.17, 15) is 8.42 Å². The molecule has 0 spiro atoms. The summed E-state index contributed by atoms with van der Waals surface area (Å²) < 4.78 is 26.9. The fraction of sp³-hybridized carbons (Fsp3) is 0.0833. The van der Waals surface area contributed by atoms with Crippen LogP contribution < -0.4 is 4.72 Å². The van der Waals surface area contributed by atoms with Crippen molar-refractivity contribution in [2.75, 3.05) is 11.0 Å². The van der Waals surface area contributed by atoms with E-state index in [0.717, 1.165) is 4.90 Å². The zero-order valence-electron chi connectivity index (χ0n) is 10.3. The highest BCUT2D eigenvalue weighted by Gasteiger charge is 2.19. The van der Waals surface area contributed by atoms with Gasteiger partial charge in [-0.05, 0) is 42.7 Å². The van der Waals surface area contributed by atoms with Gasteiger partial charge in [0.2, 0.25) is 0 Å². The number of halogens is 2. The molecule has 0 atom stereocenters. The molecule has 0 amide bonds. The largest absolute Gasteiger partial charge is 0.280 e. The molecule has 0 saturated carbocycles. The lowest BCUT2D eigenvalue weighted by Gasteiger charge is -2.09. The lowest BCUT2D eigenvalue weighted by atomic mass is 10.3. The van der Waals surface area contributed by atoms with E-state index >= 15 is 0 Å². The molecule has 1 aromatic carbocycles. The monoisotopic (exact) mass is 348 g/mol. The molecule has 1 aromatic heterocycles. The molecule has 0 aliphatic heterocycles. The third-order valence-electron chi connectivity index (χ3n) is 2.41. The van der Waals surface area contributed by atoms with Gasteiger partial charge in [0, 0.05) is 10.6 Å². The average Bonchev–Trinajstić information content (AvgIpc) is 2.38. The van der Waals surface area contributed by atoms with Crippen molar-refractivity contribution in [2.24, 2.45) is 0 Å². The molecule has 0 saturated heterocycles. The van der Waals surface area contributed by atoms with Crippen LogP contribution in [0.3, 0.4) is 0 Å². The van der Waals surface area contributed by atoms with Gasteiger partial charge in [0.25, 0.3) is 10.0 Å². The van der Waals surface area contributed by atoms with E-state index in [4.69, 9.17) is 23.2 Å². The molecule has 0 radical (unpaired) electrons. The molecular weight excluding hydrogens is 339 g/mol. The second-order valence-electron chi connectivity index (χ2n) is 3.76. The number of pyridine rings is 1. The van der Waals surface area contributed by atoms with Crippen molar-refractivity contribution in [3.05, 3.63) is 46.7 Å². The Labute approximate surface area is 131 Å². The summed E-state index contributed by atoms with van der Waals surface area (Å²) in [5, 5.41) is -0.0241. The smallest absolute Gasteiger partial charge is 0.264 e. The zero-order chi connectivity index (χ0) is 14.8. The number of hydrogen-bond donors (Lipinski definition) is 1.